The fourth-order valence-electron chi connectivity index (χ4n) is 3.51. The van der Waals surface area contributed by atoms with Gasteiger partial charge in [0.05, 0.1) is 12.2 Å². The number of carbonyl (C=O) groups excluding carboxylic acids is 2. The molecule has 0 spiro atoms. The molecular weight excluding hydrogens is 398 g/mol. The number of furan rings is 1. The third kappa shape index (κ3) is 4.99. The molecule has 2 heterocycles. The van der Waals surface area contributed by atoms with Crippen molar-refractivity contribution in [2.75, 3.05) is 26.9 Å². The number of carbonyl (C=O) groups is 2. The molecular formula is C24H29NO6. The van der Waals surface area contributed by atoms with Crippen LogP contribution in [0.4, 0.5) is 0 Å². The first-order valence-corrected chi connectivity index (χ1v) is 10.4. The number of aliphatic hydroxyl groups is 1. The number of hydrogen-bond acceptors (Lipinski definition) is 6. The van der Waals surface area contributed by atoms with E-state index in [1.807, 2.05) is 0 Å². The van der Waals surface area contributed by atoms with Crippen LogP contribution in [-0.4, -0.2) is 48.6 Å². The molecule has 7 nitrogen and oxygen atoms in total. The van der Waals surface area contributed by atoms with Crippen molar-refractivity contribution in [1.29, 1.82) is 0 Å². The summed E-state index contributed by atoms with van der Waals surface area (Å²) < 4.78 is 16.5. The van der Waals surface area contributed by atoms with Gasteiger partial charge >= 0.3 is 0 Å². The molecule has 1 aliphatic heterocycles. The number of nitrogens with zero attached hydrogens (tertiary/aromatic N) is 1. The van der Waals surface area contributed by atoms with Crippen LogP contribution in [-0.2, 0) is 14.3 Å². The molecule has 0 radical (unpaired) electrons. The van der Waals surface area contributed by atoms with Crippen LogP contribution in [0, 0.1) is 12.8 Å². The quantitative estimate of drug-likeness (QED) is 0.281. The molecule has 7 heteroatoms. The molecule has 3 rings (SSSR count). The van der Waals surface area contributed by atoms with Gasteiger partial charge in [0.25, 0.3) is 11.7 Å². The highest BCUT2D eigenvalue weighted by Gasteiger charge is 2.47. The Morgan fingerprint density at radius 1 is 1.16 bits per heavy atom. The van der Waals surface area contributed by atoms with Crippen LogP contribution in [0.5, 0.6) is 5.75 Å². The molecule has 1 aromatic heterocycles. The Morgan fingerprint density at radius 2 is 1.87 bits per heavy atom. The van der Waals surface area contributed by atoms with Gasteiger partial charge in [0.2, 0.25) is 0 Å². The van der Waals surface area contributed by atoms with E-state index >= 15 is 0 Å². The number of aliphatic hydroxyl groups excluding tert-OH is 1. The summed E-state index contributed by atoms with van der Waals surface area (Å²) in [6.45, 7) is 7.24. The SMILES string of the molecule is COCCCN1C(=O)C(=O)/C(=C(\O)c2ccc(OCC(C)C)cc2)C1c1ccc(C)o1. The molecule has 1 atom stereocenters. The van der Waals surface area contributed by atoms with E-state index in [9.17, 15) is 14.7 Å². The lowest BCUT2D eigenvalue weighted by Gasteiger charge is -2.23. The molecule has 1 saturated heterocycles. The summed E-state index contributed by atoms with van der Waals surface area (Å²) in [4.78, 5) is 27.1. The second-order valence-corrected chi connectivity index (χ2v) is 8.02. The van der Waals surface area contributed by atoms with Gasteiger partial charge in [0, 0.05) is 25.8 Å². The highest BCUT2D eigenvalue weighted by Crippen LogP contribution is 2.40. The molecule has 166 valence electrons. The molecule has 1 N–H and O–H groups in total. The van der Waals surface area contributed by atoms with Crippen molar-refractivity contribution in [3.05, 3.63) is 59.1 Å². The van der Waals surface area contributed by atoms with Crippen molar-refractivity contribution in [2.45, 2.75) is 33.2 Å². The van der Waals surface area contributed by atoms with Crippen molar-refractivity contribution >= 4 is 17.4 Å². The van der Waals surface area contributed by atoms with E-state index in [0.29, 0.717) is 54.9 Å². The predicted molar refractivity (Wildman–Crippen MR) is 116 cm³/mol. The van der Waals surface area contributed by atoms with Crippen LogP contribution in [0.2, 0.25) is 0 Å². The molecule has 0 saturated carbocycles. The molecule has 0 bridgehead atoms. The molecule has 2 aromatic rings. The summed E-state index contributed by atoms with van der Waals surface area (Å²) in [7, 11) is 1.58. The number of amides is 1. The maximum absolute atomic E-state index is 12.9. The topological polar surface area (TPSA) is 89.2 Å². The number of rotatable bonds is 9. The first-order chi connectivity index (χ1) is 14.8. The summed E-state index contributed by atoms with van der Waals surface area (Å²) in [5, 5.41) is 11.0. The van der Waals surface area contributed by atoms with E-state index in [4.69, 9.17) is 13.9 Å². The lowest BCUT2D eigenvalue weighted by atomic mass is 9.99. The van der Waals surface area contributed by atoms with Gasteiger partial charge in [-0.15, -0.1) is 0 Å². The van der Waals surface area contributed by atoms with Crippen LogP contribution in [0.25, 0.3) is 5.76 Å². The van der Waals surface area contributed by atoms with E-state index < -0.39 is 17.7 Å². The Hall–Kier alpha value is -3.06. The number of Topliss-reactive ketones (excluding diaryl/α,β-unsaturated/α-hetero) is 1. The summed E-state index contributed by atoms with van der Waals surface area (Å²) in [5.41, 5.74) is 0.452. The summed E-state index contributed by atoms with van der Waals surface area (Å²) in [5.74, 6) is 0.531. The van der Waals surface area contributed by atoms with Gasteiger partial charge in [-0.25, -0.2) is 0 Å². The minimum atomic E-state index is -0.789. The first-order valence-electron chi connectivity index (χ1n) is 10.4. The van der Waals surface area contributed by atoms with Crippen molar-refractivity contribution in [3.63, 3.8) is 0 Å². The van der Waals surface area contributed by atoms with E-state index in [0.717, 1.165) is 0 Å². The molecule has 1 aromatic carbocycles. The Kier molecular flexibility index (Phi) is 7.17. The van der Waals surface area contributed by atoms with Gasteiger partial charge in [-0.1, -0.05) is 13.8 Å². The van der Waals surface area contributed by atoms with Gasteiger partial charge in [-0.3, -0.25) is 9.59 Å². The van der Waals surface area contributed by atoms with Crippen LogP contribution < -0.4 is 4.74 Å². The molecule has 1 fully saturated rings. The number of likely N-dealkylation sites (tertiary alicyclic amines) is 1. The third-order valence-corrected chi connectivity index (χ3v) is 5.03. The zero-order chi connectivity index (χ0) is 22.5. The second-order valence-electron chi connectivity index (χ2n) is 8.02. The maximum Gasteiger partial charge on any atom is 0.295 e. The number of methoxy groups -OCH3 is 1. The van der Waals surface area contributed by atoms with E-state index in [1.165, 1.54) is 4.90 Å². The molecule has 0 aliphatic carbocycles. The van der Waals surface area contributed by atoms with Gasteiger partial charge in [-0.05, 0) is 55.7 Å². The fourth-order valence-corrected chi connectivity index (χ4v) is 3.51. The van der Waals surface area contributed by atoms with Gasteiger partial charge in [0.15, 0.2) is 0 Å². The molecule has 1 aliphatic rings. The number of benzene rings is 1. The van der Waals surface area contributed by atoms with Crippen molar-refractivity contribution in [2.24, 2.45) is 5.92 Å². The number of aryl methyl sites for hydroxylation is 1. The van der Waals surface area contributed by atoms with E-state index in [1.54, 1.807) is 50.4 Å². The average molecular weight is 427 g/mol. The number of ketones is 1. The lowest BCUT2D eigenvalue weighted by Crippen LogP contribution is -2.31. The van der Waals surface area contributed by atoms with Gasteiger partial charge < -0.3 is 23.9 Å². The van der Waals surface area contributed by atoms with Crippen molar-refractivity contribution in [3.8, 4) is 5.75 Å². The predicted octanol–water partition coefficient (Wildman–Crippen LogP) is 4.08. The van der Waals surface area contributed by atoms with Crippen LogP contribution in [0.15, 0.2) is 46.4 Å². The molecule has 1 amide bonds. The smallest absolute Gasteiger partial charge is 0.295 e. The Bertz CT molecular complexity index is 957. The standard InChI is InChI=1S/C24H29NO6/c1-15(2)14-30-18-9-7-17(8-10-18)22(26)20-21(19-11-6-16(3)31-19)25(12-5-13-29-4)24(28)23(20)27/h6-11,15,21,26H,5,12-14H2,1-4H3/b22-20-. The summed E-state index contributed by atoms with van der Waals surface area (Å²) in [6, 6.07) is 9.52. The molecule has 31 heavy (non-hydrogen) atoms. The highest BCUT2D eigenvalue weighted by molar-refractivity contribution is 6.46. The Labute approximate surface area is 182 Å². The zero-order valence-electron chi connectivity index (χ0n) is 18.4. The van der Waals surface area contributed by atoms with Crippen LogP contribution in [0.3, 0.4) is 0 Å². The Morgan fingerprint density at radius 3 is 2.45 bits per heavy atom. The number of hydrogen-bond donors (Lipinski definition) is 1. The van der Waals surface area contributed by atoms with E-state index in [2.05, 4.69) is 13.8 Å². The Balaban J connectivity index is 1.97. The fraction of sp³-hybridized carbons (Fsp3) is 0.417. The van der Waals surface area contributed by atoms with Crippen molar-refractivity contribution in [1.82, 2.24) is 4.90 Å². The second kappa shape index (κ2) is 9.83. The van der Waals surface area contributed by atoms with Gasteiger partial charge in [0.1, 0.15) is 29.1 Å². The molecule has 1 unspecified atom stereocenters. The highest BCUT2D eigenvalue weighted by atomic mass is 16.5. The first kappa shape index (κ1) is 22.6. The normalized spacial score (nSPS) is 18.2. The summed E-state index contributed by atoms with van der Waals surface area (Å²) in [6.07, 6.45) is 0.557. The summed E-state index contributed by atoms with van der Waals surface area (Å²) >= 11 is 0. The monoisotopic (exact) mass is 427 g/mol. The van der Waals surface area contributed by atoms with Crippen LogP contribution in [0.1, 0.15) is 43.4 Å². The lowest BCUT2D eigenvalue weighted by molar-refractivity contribution is -0.140. The average Bonchev–Trinajstić information content (AvgIpc) is 3.28. The minimum Gasteiger partial charge on any atom is -0.507 e. The minimum absolute atomic E-state index is 0.0209. The largest absolute Gasteiger partial charge is 0.507 e. The number of ether oxygens (including phenoxy) is 2. The third-order valence-electron chi connectivity index (χ3n) is 5.03. The van der Waals surface area contributed by atoms with Crippen LogP contribution >= 0.6 is 0 Å². The maximum atomic E-state index is 12.9. The zero-order valence-corrected chi connectivity index (χ0v) is 18.4. The van der Waals surface area contributed by atoms with E-state index in [-0.39, 0.29) is 11.3 Å². The van der Waals surface area contributed by atoms with Gasteiger partial charge in [-0.2, -0.15) is 0 Å². The van der Waals surface area contributed by atoms with Crippen molar-refractivity contribution < 1.29 is 28.6 Å².